The van der Waals surface area contributed by atoms with Crippen LogP contribution in [0.5, 0.6) is 0 Å². The molecule has 0 unspecified atom stereocenters. The molecule has 1 heterocycles. The number of aromatic nitrogens is 3. The van der Waals surface area contributed by atoms with Gasteiger partial charge in [-0.3, -0.25) is 9.89 Å². The molecule has 0 amide bonds. The number of nitrogens with zero attached hydrogens (tertiary/aromatic N) is 2. The van der Waals surface area contributed by atoms with Gasteiger partial charge in [-0.25, -0.2) is 18.2 Å². The molecule has 4 nitrogen and oxygen atoms in total. The predicted molar refractivity (Wildman–Crippen MR) is 46.1 cm³/mol. The molecule has 16 heavy (non-hydrogen) atoms. The second-order valence-corrected chi connectivity index (χ2v) is 2.89. The first-order valence-corrected chi connectivity index (χ1v) is 4.15. The molecule has 0 fully saturated rings. The van der Waals surface area contributed by atoms with Crippen molar-refractivity contribution in [3.05, 3.63) is 47.3 Å². The molecule has 82 valence electrons. The molecular weight excluding hydrogens is 223 g/mol. The standard InChI is InChI=1S/C9H4F3N3O/c10-5-2-1-4(6(11)7(5)12)8(16)9-13-3-14-15-9/h1-3H,(H,13,14,15). The summed E-state index contributed by atoms with van der Waals surface area (Å²) in [6.45, 7) is 0. The number of hydrogen-bond donors (Lipinski definition) is 1. The van der Waals surface area contributed by atoms with E-state index in [4.69, 9.17) is 0 Å². The Bertz CT molecular complexity index is 539. The topological polar surface area (TPSA) is 58.6 Å². The number of hydrogen-bond acceptors (Lipinski definition) is 3. The number of nitrogens with one attached hydrogen (secondary N) is 1. The normalized spacial score (nSPS) is 10.4. The Hall–Kier alpha value is -2.18. The van der Waals surface area contributed by atoms with Gasteiger partial charge in [0.1, 0.15) is 6.33 Å². The zero-order chi connectivity index (χ0) is 11.7. The van der Waals surface area contributed by atoms with E-state index in [0.29, 0.717) is 6.07 Å². The Kier molecular flexibility index (Phi) is 2.43. The summed E-state index contributed by atoms with van der Waals surface area (Å²) in [5.41, 5.74) is -0.601. The summed E-state index contributed by atoms with van der Waals surface area (Å²) >= 11 is 0. The fourth-order valence-corrected chi connectivity index (χ4v) is 1.14. The van der Waals surface area contributed by atoms with Crippen LogP contribution in [0, 0.1) is 17.5 Å². The van der Waals surface area contributed by atoms with Gasteiger partial charge in [0, 0.05) is 0 Å². The molecule has 2 rings (SSSR count). The molecular formula is C9H4F3N3O. The van der Waals surface area contributed by atoms with Gasteiger partial charge in [-0.2, -0.15) is 5.10 Å². The maximum absolute atomic E-state index is 13.2. The fourth-order valence-electron chi connectivity index (χ4n) is 1.14. The smallest absolute Gasteiger partial charge is 0.232 e. The monoisotopic (exact) mass is 227 g/mol. The van der Waals surface area contributed by atoms with Crippen molar-refractivity contribution in [2.75, 3.05) is 0 Å². The number of carbonyl (C=O) groups excluding carboxylic acids is 1. The average molecular weight is 227 g/mol. The molecule has 1 N–H and O–H groups in total. The van der Waals surface area contributed by atoms with Gasteiger partial charge in [0.2, 0.25) is 5.78 Å². The second kappa shape index (κ2) is 3.76. The Morgan fingerprint density at radius 2 is 1.94 bits per heavy atom. The van der Waals surface area contributed by atoms with Gasteiger partial charge in [-0.1, -0.05) is 0 Å². The Morgan fingerprint density at radius 1 is 1.19 bits per heavy atom. The highest BCUT2D eigenvalue weighted by Crippen LogP contribution is 2.16. The van der Waals surface area contributed by atoms with Crippen LogP contribution < -0.4 is 0 Å². The summed E-state index contributed by atoms with van der Waals surface area (Å²) in [6, 6.07) is 1.51. The molecule has 0 atom stereocenters. The molecule has 2 aromatic rings. The molecule has 0 aliphatic rings. The van der Waals surface area contributed by atoms with E-state index in [-0.39, 0.29) is 5.82 Å². The van der Waals surface area contributed by atoms with Crippen LogP contribution in [0.1, 0.15) is 16.2 Å². The summed E-state index contributed by atoms with van der Waals surface area (Å²) in [7, 11) is 0. The van der Waals surface area contributed by atoms with Gasteiger partial charge >= 0.3 is 0 Å². The van der Waals surface area contributed by atoms with Crippen molar-refractivity contribution in [3.63, 3.8) is 0 Å². The van der Waals surface area contributed by atoms with Crippen molar-refractivity contribution in [3.8, 4) is 0 Å². The molecule has 0 radical (unpaired) electrons. The minimum atomic E-state index is -1.69. The van der Waals surface area contributed by atoms with Crippen molar-refractivity contribution in [2.45, 2.75) is 0 Å². The molecule has 0 aliphatic carbocycles. The molecule has 0 aliphatic heterocycles. The second-order valence-electron chi connectivity index (χ2n) is 2.89. The van der Waals surface area contributed by atoms with Crippen molar-refractivity contribution in [1.29, 1.82) is 0 Å². The number of H-pyrrole nitrogens is 1. The zero-order valence-electron chi connectivity index (χ0n) is 7.67. The van der Waals surface area contributed by atoms with E-state index in [9.17, 15) is 18.0 Å². The lowest BCUT2D eigenvalue weighted by molar-refractivity contribution is 0.102. The number of carbonyl (C=O) groups is 1. The van der Waals surface area contributed by atoms with E-state index in [2.05, 4.69) is 15.2 Å². The van der Waals surface area contributed by atoms with Gasteiger partial charge in [-0.15, -0.1) is 0 Å². The van der Waals surface area contributed by atoms with Crippen LogP contribution in [0.3, 0.4) is 0 Å². The molecule has 0 saturated carbocycles. The Labute approximate surface area is 87.1 Å². The van der Waals surface area contributed by atoms with Gasteiger partial charge in [0.05, 0.1) is 5.56 Å². The minimum Gasteiger partial charge on any atom is -0.285 e. The summed E-state index contributed by atoms with van der Waals surface area (Å²) in [5, 5.41) is 5.59. The van der Waals surface area contributed by atoms with Gasteiger partial charge in [0.15, 0.2) is 23.3 Å². The van der Waals surface area contributed by atoms with Crippen molar-refractivity contribution < 1.29 is 18.0 Å². The molecule has 7 heteroatoms. The SMILES string of the molecule is O=C(c1ncn[nH]1)c1ccc(F)c(F)c1F. The first kappa shape index (κ1) is 10.3. The average Bonchev–Trinajstić information content (AvgIpc) is 2.79. The fraction of sp³-hybridized carbons (Fsp3) is 0. The van der Waals surface area contributed by atoms with Gasteiger partial charge in [-0.05, 0) is 12.1 Å². The molecule has 0 bridgehead atoms. The number of halogens is 3. The van der Waals surface area contributed by atoms with Crippen LogP contribution >= 0.6 is 0 Å². The lowest BCUT2D eigenvalue weighted by Crippen LogP contribution is -2.08. The van der Waals surface area contributed by atoms with Crippen molar-refractivity contribution in [1.82, 2.24) is 15.2 Å². The van der Waals surface area contributed by atoms with Crippen LogP contribution in [0.15, 0.2) is 18.5 Å². The third-order valence-electron chi connectivity index (χ3n) is 1.91. The number of rotatable bonds is 2. The summed E-state index contributed by atoms with van der Waals surface area (Å²) < 4.78 is 38.7. The van der Waals surface area contributed by atoms with Crippen LogP contribution in [-0.4, -0.2) is 21.0 Å². The lowest BCUT2D eigenvalue weighted by atomic mass is 10.1. The molecule has 1 aromatic heterocycles. The summed E-state index contributed by atoms with van der Waals surface area (Å²) in [5.74, 6) is -5.72. The van der Waals surface area contributed by atoms with E-state index in [1.54, 1.807) is 0 Å². The van der Waals surface area contributed by atoms with Crippen LogP contribution in [0.25, 0.3) is 0 Å². The van der Waals surface area contributed by atoms with E-state index in [0.717, 1.165) is 12.4 Å². The van der Waals surface area contributed by atoms with Crippen LogP contribution in [0.2, 0.25) is 0 Å². The lowest BCUT2D eigenvalue weighted by Gasteiger charge is -2.01. The summed E-state index contributed by atoms with van der Waals surface area (Å²) in [4.78, 5) is 15.0. The first-order chi connectivity index (χ1) is 7.61. The Morgan fingerprint density at radius 3 is 2.56 bits per heavy atom. The van der Waals surface area contributed by atoms with E-state index in [1.807, 2.05) is 0 Å². The van der Waals surface area contributed by atoms with Crippen LogP contribution in [0.4, 0.5) is 13.2 Å². The van der Waals surface area contributed by atoms with Crippen LogP contribution in [-0.2, 0) is 0 Å². The quantitative estimate of drug-likeness (QED) is 0.624. The highest BCUT2D eigenvalue weighted by atomic mass is 19.2. The third kappa shape index (κ3) is 1.56. The minimum absolute atomic E-state index is 0.245. The van der Waals surface area contributed by atoms with E-state index < -0.39 is 28.8 Å². The first-order valence-electron chi connectivity index (χ1n) is 4.15. The Balaban J connectivity index is 2.50. The zero-order valence-corrected chi connectivity index (χ0v) is 7.67. The predicted octanol–water partition coefficient (Wildman–Crippen LogP) is 1.45. The largest absolute Gasteiger partial charge is 0.285 e. The van der Waals surface area contributed by atoms with Crippen molar-refractivity contribution >= 4 is 5.78 Å². The highest BCUT2D eigenvalue weighted by Gasteiger charge is 2.21. The number of benzene rings is 1. The van der Waals surface area contributed by atoms with E-state index in [1.165, 1.54) is 0 Å². The summed E-state index contributed by atoms with van der Waals surface area (Å²) in [6.07, 6.45) is 1.05. The van der Waals surface area contributed by atoms with E-state index >= 15 is 0 Å². The maximum Gasteiger partial charge on any atom is 0.232 e. The molecule has 0 spiro atoms. The number of ketones is 1. The van der Waals surface area contributed by atoms with Crippen molar-refractivity contribution in [2.24, 2.45) is 0 Å². The van der Waals surface area contributed by atoms with Gasteiger partial charge < -0.3 is 0 Å². The maximum atomic E-state index is 13.2. The molecule has 1 aromatic carbocycles. The molecule has 0 saturated heterocycles. The third-order valence-corrected chi connectivity index (χ3v) is 1.91. The number of aromatic amines is 1. The highest BCUT2D eigenvalue weighted by molar-refractivity contribution is 6.06. The van der Waals surface area contributed by atoms with Gasteiger partial charge in [0.25, 0.3) is 0 Å².